The van der Waals surface area contributed by atoms with Crippen LogP contribution < -0.4 is 5.32 Å². The van der Waals surface area contributed by atoms with E-state index in [-0.39, 0.29) is 12.4 Å². The molecule has 1 aromatic heterocycles. The maximum Gasteiger partial charge on any atom is 0.144 e. The average Bonchev–Trinajstić information content (AvgIpc) is 2.53. The van der Waals surface area contributed by atoms with Crippen molar-refractivity contribution in [2.75, 3.05) is 5.32 Å². The fourth-order valence-electron chi connectivity index (χ4n) is 2.16. The molecule has 0 amide bonds. The van der Waals surface area contributed by atoms with Crippen molar-refractivity contribution >= 4 is 16.7 Å². The van der Waals surface area contributed by atoms with Crippen LogP contribution in [0.15, 0.2) is 54.6 Å². The smallest absolute Gasteiger partial charge is 0.144 e. The van der Waals surface area contributed by atoms with Gasteiger partial charge in [-0.3, -0.25) is 0 Å². The molecule has 0 aliphatic heterocycles. The normalized spacial score (nSPS) is 10.3. The van der Waals surface area contributed by atoms with E-state index in [2.05, 4.69) is 16.4 Å². The standard InChI is InChI=1S/C17H12FN3/c18-15-7-3-1-6-13(15)11-20-17-14(10-19)9-12-5-2-4-8-16(12)21-17/h1-9H,11H2,(H,20,21). The number of halogens is 1. The number of para-hydroxylation sites is 1. The van der Waals surface area contributed by atoms with E-state index in [1.807, 2.05) is 24.3 Å². The molecule has 3 rings (SSSR count). The number of benzene rings is 2. The minimum Gasteiger partial charge on any atom is -0.365 e. The van der Waals surface area contributed by atoms with E-state index in [0.717, 1.165) is 10.9 Å². The fourth-order valence-corrected chi connectivity index (χ4v) is 2.16. The SMILES string of the molecule is N#Cc1cc2ccccc2nc1NCc1ccccc1F. The number of hydrogen-bond acceptors (Lipinski definition) is 3. The molecule has 0 aliphatic rings. The van der Waals surface area contributed by atoms with Crippen molar-refractivity contribution < 1.29 is 4.39 Å². The number of nitrogens with one attached hydrogen (secondary N) is 1. The van der Waals surface area contributed by atoms with Crippen LogP contribution in [0.1, 0.15) is 11.1 Å². The second-order valence-corrected chi connectivity index (χ2v) is 4.63. The number of fused-ring (bicyclic) bond motifs is 1. The number of nitrogens with zero attached hydrogens (tertiary/aromatic N) is 2. The molecule has 0 saturated carbocycles. The van der Waals surface area contributed by atoms with Gasteiger partial charge in [0.25, 0.3) is 0 Å². The summed E-state index contributed by atoms with van der Waals surface area (Å²) < 4.78 is 13.6. The molecule has 102 valence electrons. The molecule has 0 bridgehead atoms. The van der Waals surface area contributed by atoms with E-state index < -0.39 is 0 Å². The van der Waals surface area contributed by atoms with E-state index in [1.54, 1.807) is 24.3 Å². The first-order valence-corrected chi connectivity index (χ1v) is 6.55. The van der Waals surface area contributed by atoms with Gasteiger partial charge >= 0.3 is 0 Å². The Bertz CT molecular complexity index is 837. The van der Waals surface area contributed by atoms with E-state index in [4.69, 9.17) is 0 Å². The predicted octanol–water partition coefficient (Wildman–Crippen LogP) is 3.86. The molecule has 1 heterocycles. The van der Waals surface area contributed by atoms with Crippen LogP contribution in [0.3, 0.4) is 0 Å². The summed E-state index contributed by atoms with van der Waals surface area (Å²) >= 11 is 0. The molecule has 0 atom stereocenters. The molecule has 0 saturated heterocycles. The third kappa shape index (κ3) is 2.67. The zero-order chi connectivity index (χ0) is 14.7. The lowest BCUT2D eigenvalue weighted by molar-refractivity contribution is 0.613. The molecular weight excluding hydrogens is 265 g/mol. The summed E-state index contributed by atoms with van der Waals surface area (Å²) in [5.41, 5.74) is 1.79. The molecule has 0 unspecified atom stereocenters. The molecule has 0 aliphatic carbocycles. The largest absolute Gasteiger partial charge is 0.365 e. The zero-order valence-corrected chi connectivity index (χ0v) is 11.2. The first-order valence-electron chi connectivity index (χ1n) is 6.55. The van der Waals surface area contributed by atoms with Crippen LogP contribution in [0.5, 0.6) is 0 Å². The minimum atomic E-state index is -0.274. The predicted molar refractivity (Wildman–Crippen MR) is 80.2 cm³/mol. The number of rotatable bonds is 3. The Morgan fingerprint density at radius 2 is 1.86 bits per heavy atom. The van der Waals surface area contributed by atoms with Gasteiger partial charge in [0.15, 0.2) is 0 Å². The van der Waals surface area contributed by atoms with Crippen LogP contribution in [0, 0.1) is 17.1 Å². The number of hydrogen-bond donors (Lipinski definition) is 1. The van der Waals surface area contributed by atoms with Crippen molar-refractivity contribution in [3.8, 4) is 6.07 Å². The molecule has 1 N–H and O–H groups in total. The van der Waals surface area contributed by atoms with Crippen molar-refractivity contribution in [2.24, 2.45) is 0 Å². The van der Waals surface area contributed by atoms with E-state index in [9.17, 15) is 9.65 Å². The van der Waals surface area contributed by atoms with Gasteiger partial charge in [-0.1, -0.05) is 36.4 Å². The van der Waals surface area contributed by atoms with Crippen molar-refractivity contribution in [1.29, 1.82) is 5.26 Å². The second-order valence-electron chi connectivity index (χ2n) is 4.63. The lowest BCUT2D eigenvalue weighted by atomic mass is 10.1. The molecular formula is C17H12FN3. The van der Waals surface area contributed by atoms with Crippen molar-refractivity contribution in [3.05, 3.63) is 71.5 Å². The number of aromatic nitrogens is 1. The Morgan fingerprint density at radius 1 is 1.10 bits per heavy atom. The van der Waals surface area contributed by atoms with Gasteiger partial charge in [0, 0.05) is 17.5 Å². The van der Waals surface area contributed by atoms with Crippen molar-refractivity contribution in [1.82, 2.24) is 4.98 Å². The highest BCUT2D eigenvalue weighted by Gasteiger charge is 2.07. The van der Waals surface area contributed by atoms with E-state index in [0.29, 0.717) is 16.9 Å². The highest BCUT2D eigenvalue weighted by molar-refractivity contribution is 5.82. The van der Waals surface area contributed by atoms with Crippen LogP contribution in [0.2, 0.25) is 0 Å². The monoisotopic (exact) mass is 277 g/mol. The topological polar surface area (TPSA) is 48.7 Å². The number of anilines is 1. The van der Waals surface area contributed by atoms with Crippen LogP contribution in [0.25, 0.3) is 10.9 Å². The van der Waals surface area contributed by atoms with Gasteiger partial charge in [-0.2, -0.15) is 5.26 Å². The first kappa shape index (κ1) is 13.1. The molecule has 3 nitrogen and oxygen atoms in total. The Labute approximate surface area is 121 Å². The highest BCUT2D eigenvalue weighted by atomic mass is 19.1. The fraction of sp³-hybridized carbons (Fsp3) is 0.0588. The highest BCUT2D eigenvalue weighted by Crippen LogP contribution is 2.20. The van der Waals surface area contributed by atoms with Crippen molar-refractivity contribution in [3.63, 3.8) is 0 Å². The third-order valence-electron chi connectivity index (χ3n) is 3.25. The van der Waals surface area contributed by atoms with Gasteiger partial charge in [0.2, 0.25) is 0 Å². The second kappa shape index (κ2) is 5.59. The molecule has 2 aromatic carbocycles. The minimum absolute atomic E-state index is 0.274. The average molecular weight is 277 g/mol. The quantitative estimate of drug-likeness (QED) is 0.791. The maximum absolute atomic E-state index is 13.6. The Kier molecular flexibility index (Phi) is 3.48. The van der Waals surface area contributed by atoms with Gasteiger partial charge in [-0.25, -0.2) is 9.37 Å². The van der Waals surface area contributed by atoms with Gasteiger partial charge in [0.05, 0.1) is 11.1 Å². The molecule has 0 radical (unpaired) electrons. The molecule has 21 heavy (non-hydrogen) atoms. The lowest BCUT2D eigenvalue weighted by Gasteiger charge is -2.09. The van der Waals surface area contributed by atoms with E-state index >= 15 is 0 Å². The van der Waals surface area contributed by atoms with Crippen molar-refractivity contribution in [2.45, 2.75) is 6.54 Å². The molecule has 3 aromatic rings. The summed E-state index contributed by atoms with van der Waals surface area (Å²) in [6.45, 7) is 0.284. The Balaban J connectivity index is 1.93. The summed E-state index contributed by atoms with van der Waals surface area (Å²) in [5.74, 6) is 0.198. The Morgan fingerprint density at radius 3 is 2.67 bits per heavy atom. The lowest BCUT2D eigenvalue weighted by Crippen LogP contribution is -2.05. The summed E-state index contributed by atoms with van der Waals surface area (Å²) in [4.78, 5) is 4.43. The summed E-state index contributed by atoms with van der Waals surface area (Å²) in [6, 6.07) is 18.0. The van der Waals surface area contributed by atoms with E-state index in [1.165, 1.54) is 6.07 Å². The van der Waals surface area contributed by atoms with Gasteiger partial charge in [0.1, 0.15) is 17.7 Å². The number of nitriles is 1. The van der Waals surface area contributed by atoms with Crippen LogP contribution in [-0.4, -0.2) is 4.98 Å². The first-order chi connectivity index (χ1) is 10.3. The molecule has 0 fully saturated rings. The van der Waals surface area contributed by atoms with Gasteiger partial charge in [-0.05, 0) is 18.2 Å². The van der Waals surface area contributed by atoms with Crippen LogP contribution in [-0.2, 0) is 6.54 Å². The van der Waals surface area contributed by atoms with Crippen LogP contribution in [0.4, 0.5) is 10.2 Å². The summed E-state index contributed by atoms with van der Waals surface area (Å²) in [7, 11) is 0. The summed E-state index contributed by atoms with van der Waals surface area (Å²) in [5, 5.41) is 13.2. The molecule has 0 spiro atoms. The van der Waals surface area contributed by atoms with Gasteiger partial charge < -0.3 is 5.32 Å². The van der Waals surface area contributed by atoms with Gasteiger partial charge in [-0.15, -0.1) is 0 Å². The number of pyridine rings is 1. The maximum atomic E-state index is 13.6. The molecule has 4 heteroatoms. The summed E-state index contributed by atoms with van der Waals surface area (Å²) in [6.07, 6.45) is 0. The van der Waals surface area contributed by atoms with Crippen LogP contribution >= 0.6 is 0 Å². The third-order valence-corrected chi connectivity index (χ3v) is 3.25. The Hall–Kier alpha value is -2.93. The zero-order valence-electron chi connectivity index (χ0n) is 11.2.